The van der Waals surface area contributed by atoms with Gasteiger partial charge in [0.05, 0.1) is 17.3 Å². The molecular formula is C12H12BrNO2. The molecule has 16 heavy (non-hydrogen) atoms. The Morgan fingerprint density at radius 3 is 2.69 bits per heavy atom. The molecule has 1 heterocycles. The van der Waals surface area contributed by atoms with Crippen LogP contribution >= 0.6 is 15.9 Å². The van der Waals surface area contributed by atoms with Crippen molar-refractivity contribution in [2.75, 3.05) is 7.11 Å². The third-order valence-corrected chi connectivity index (χ3v) is 3.51. The number of methoxy groups -OCH3 is 1. The fraction of sp³-hybridized carbons (Fsp3) is 0.250. The van der Waals surface area contributed by atoms with Gasteiger partial charge in [-0.25, -0.2) is 0 Å². The lowest BCUT2D eigenvalue weighted by Gasteiger charge is -2.04. The Labute approximate surface area is 102 Å². The molecule has 0 bridgehead atoms. The van der Waals surface area contributed by atoms with E-state index in [1.165, 1.54) is 0 Å². The highest BCUT2D eigenvalue weighted by Gasteiger charge is 2.13. The molecule has 0 saturated carbocycles. The molecule has 1 aromatic carbocycles. The van der Waals surface area contributed by atoms with Crippen molar-refractivity contribution >= 4 is 33.1 Å². The van der Waals surface area contributed by atoms with Crippen LogP contribution in [0.1, 0.15) is 16.1 Å². The summed E-state index contributed by atoms with van der Waals surface area (Å²) in [6.45, 7) is 1.94. The van der Waals surface area contributed by atoms with Crippen LogP contribution < -0.4 is 4.74 Å². The molecule has 0 radical (unpaired) electrons. The second-order valence-corrected chi connectivity index (χ2v) is 4.55. The Hall–Kier alpha value is -1.29. The topological polar surface area (TPSA) is 31.2 Å². The lowest BCUT2D eigenvalue weighted by molar-refractivity contribution is 0.111. The third-order valence-electron chi connectivity index (χ3n) is 2.89. The van der Waals surface area contributed by atoms with Gasteiger partial charge in [-0.1, -0.05) is 0 Å². The van der Waals surface area contributed by atoms with Crippen LogP contribution in [0, 0.1) is 6.92 Å². The Morgan fingerprint density at radius 1 is 1.44 bits per heavy atom. The van der Waals surface area contributed by atoms with Gasteiger partial charge >= 0.3 is 0 Å². The zero-order valence-corrected chi connectivity index (χ0v) is 11.0. The van der Waals surface area contributed by atoms with E-state index in [9.17, 15) is 4.79 Å². The predicted molar refractivity (Wildman–Crippen MR) is 67.3 cm³/mol. The number of fused-ring (bicyclic) bond motifs is 1. The second-order valence-electron chi connectivity index (χ2n) is 3.69. The summed E-state index contributed by atoms with van der Waals surface area (Å²) in [7, 11) is 3.52. The molecule has 0 fully saturated rings. The van der Waals surface area contributed by atoms with Crippen LogP contribution in [0.5, 0.6) is 5.75 Å². The van der Waals surface area contributed by atoms with Crippen molar-refractivity contribution in [2.45, 2.75) is 6.92 Å². The van der Waals surface area contributed by atoms with Gasteiger partial charge in [-0.05, 0) is 40.5 Å². The fourth-order valence-corrected chi connectivity index (χ4v) is 2.46. The van der Waals surface area contributed by atoms with Crippen molar-refractivity contribution < 1.29 is 9.53 Å². The minimum absolute atomic E-state index is 0.704. The molecule has 1 aromatic heterocycles. The summed E-state index contributed by atoms with van der Waals surface area (Å²) in [5, 5.41) is 1.05. The van der Waals surface area contributed by atoms with Gasteiger partial charge in [0.2, 0.25) is 0 Å². The number of aryl methyl sites for hydroxylation is 2. The van der Waals surface area contributed by atoms with Crippen LogP contribution in [0.2, 0.25) is 0 Å². The standard InChI is InChI=1S/C12H12BrNO2/c1-7-8-4-12(16-3)9(13)5-10(8)14(2)11(7)6-15/h4-6H,1-3H3. The number of benzene rings is 1. The van der Waals surface area contributed by atoms with Gasteiger partial charge in [0.25, 0.3) is 0 Å². The molecule has 2 aromatic rings. The Bertz CT molecular complexity index is 572. The molecule has 0 spiro atoms. The Balaban J connectivity index is 2.89. The quantitative estimate of drug-likeness (QED) is 0.793. The summed E-state index contributed by atoms with van der Waals surface area (Å²) >= 11 is 3.44. The van der Waals surface area contributed by atoms with Crippen LogP contribution in [-0.2, 0) is 7.05 Å². The van der Waals surface area contributed by atoms with E-state index in [-0.39, 0.29) is 0 Å². The molecule has 4 heteroatoms. The molecule has 3 nitrogen and oxygen atoms in total. The average Bonchev–Trinajstić information content (AvgIpc) is 2.50. The predicted octanol–water partition coefficient (Wildman–Crippen LogP) is 3.07. The van der Waals surface area contributed by atoms with Gasteiger partial charge in [-0.3, -0.25) is 4.79 Å². The van der Waals surface area contributed by atoms with Crippen molar-refractivity contribution in [1.82, 2.24) is 4.57 Å². The minimum atomic E-state index is 0.704. The van der Waals surface area contributed by atoms with E-state index in [4.69, 9.17) is 4.74 Å². The van der Waals surface area contributed by atoms with Crippen LogP contribution in [0.25, 0.3) is 10.9 Å². The summed E-state index contributed by atoms with van der Waals surface area (Å²) in [5.74, 6) is 0.777. The van der Waals surface area contributed by atoms with Gasteiger partial charge in [0.1, 0.15) is 5.75 Å². The number of carbonyl (C=O) groups excluding carboxylic acids is 1. The first-order valence-corrected chi connectivity index (χ1v) is 5.67. The third kappa shape index (κ3) is 1.45. The highest BCUT2D eigenvalue weighted by Crippen LogP contribution is 2.33. The molecule has 84 valence electrons. The van der Waals surface area contributed by atoms with Crippen LogP contribution in [0.3, 0.4) is 0 Å². The number of aromatic nitrogens is 1. The SMILES string of the molecule is COc1cc2c(C)c(C=O)n(C)c2cc1Br. The molecule has 0 amide bonds. The summed E-state index contributed by atoms with van der Waals surface area (Å²) in [6, 6.07) is 3.91. The molecule has 0 saturated heterocycles. The number of rotatable bonds is 2. The number of carbonyl (C=O) groups is 1. The maximum atomic E-state index is 11.0. The number of halogens is 1. The highest BCUT2D eigenvalue weighted by atomic mass is 79.9. The molecule has 0 unspecified atom stereocenters. The van der Waals surface area contributed by atoms with Gasteiger partial charge in [-0.2, -0.15) is 0 Å². The number of nitrogens with zero attached hydrogens (tertiary/aromatic N) is 1. The lowest BCUT2D eigenvalue weighted by Crippen LogP contribution is -1.94. The zero-order valence-electron chi connectivity index (χ0n) is 9.37. The summed E-state index contributed by atoms with van der Waals surface area (Å²) in [6.07, 6.45) is 0.885. The smallest absolute Gasteiger partial charge is 0.166 e. The average molecular weight is 282 g/mol. The second kappa shape index (κ2) is 3.94. The van der Waals surface area contributed by atoms with E-state index in [1.807, 2.05) is 30.7 Å². The van der Waals surface area contributed by atoms with E-state index in [1.54, 1.807) is 7.11 Å². The normalized spacial score (nSPS) is 10.8. The van der Waals surface area contributed by atoms with E-state index < -0.39 is 0 Å². The molecule has 2 rings (SSSR count). The van der Waals surface area contributed by atoms with Crippen LogP contribution in [0.4, 0.5) is 0 Å². The monoisotopic (exact) mass is 281 g/mol. The Kier molecular flexibility index (Phi) is 2.76. The Morgan fingerprint density at radius 2 is 2.12 bits per heavy atom. The van der Waals surface area contributed by atoms with E-state index >= 15 is 0 Å². The largest absolute Gasteiger partial charge is 0.496 e. The fourth-order valence-electron chi connectivity index (χ4n) is 1.96. The van der Waals surface area contributed by atoms with Crippen LogP contribution in [-0.4, -0.2) is 18.0 Å². The first-order valence-electron chi connectivity index (χ1n) is 4.87. The van der Waals surface area contributed by atoms with Gasteiger partial charge in [0.15, 0.2) is 6.29 Å². The number of aldehydes is 1. The van der Waals surface area contributed by atoms with Crippen molar-refractivity contribution in [3.8, 4) is 5.75 Å². The maximum Gasteiger partial charge on any atom is 0.166 e. The van der Waals surface area contributed by atoms with Crippen molar-refractivity contribution in [3.05, 3.63) is 27.9 Å². The van der Waals surface area contributed by atoms with Crippen molar-refractivity contribution in [3.63, 3.8) is 0 Å². The number of hydrogen-bond acceptors (Lipinski definition) is 2. The molecule has 0 aliphatic rings. The van der Waals surface area contributed by atoms with E-state index in [2.05, 4.69) is 15.9 Å². The first-order chi connectivity index (χ1) is 7.60. The van der Waals surface area contributed by atoms with E-state index in [0.717, 1.165) is 33.0 Å². The molecular weight excluding hydrogens is 270 g/mol. The summed E-state index contributed by atoms with van der Waals surface area (Å²) in [4.78, 5) is 11.0. The molecule has 0 atom stereocenters. The van der Waals surface area contributed by atoms with Gasteiger partial charge in [0, 0.05) is 18.0 Å². The summed E-state index contributed by atoms with van der Waals surface area (Å²) in [5.41, 5.74) is 2.71. The number of hydrogen-bond donors (Lipinski definition) is 0. The van der Waals surface area contributed by atoms with Gasteiger partial charge in [-0.15, -0.1) is 0 Å². The minimum Gasteiger partial charge on any atom is -0.496 e. The maximum absolute atomic E-state index is 11.0. The molecule has 0 N–H and O–H groups in total. The van der Waals surface area contributed by atoms with Crippen molar-refractivity contribution in [2.24, 2.45) is 7.05 Å². The van der Waals surface area contributed by atoms with Crippen molar-refractivity contribution in [1.29, 1.82) is 0 Å². The van der Waals surface area contributed by atoms with E-state index in [0.29, 0.717) is 5.69 Å². The van der Waals surface area contributed by atoms with Crippen LogP contribution in [0.15, 0.2) is 16.6 Å². The molecule has 0 aliphatic carbocycles. The summed E-state index contributed by atoms with van der Waals surface area (Å²) < 4.78 is 8.03. The van der Waals surface area contributed by atoms with Gasteiger partial charge < -0.3 is 9.30 Å². The zero-order chi connectivity index (χ0) is 11.9. The highest BCUT2D eigenvalue weighted by molar-refractivity contribution is 9.10. The molecule has 0 aliphatic heterocycles. The number of ether oxygens (including phenoxy) is 1. The first kappa shape index (κ1) is 11.2. The lowest BCUT2D eigenvalue weighted by atomic mass is 10.1.